The third kappa shape index (κ3) is 5.42. The van der Waals surface area contributed by atoms with E-state index >= 15 is 0 Å². The average molecular weight is 370 g/mol. The lowest BCUT2D eigenvalue weighted by atomic mass is 10.1. The number of carboxylic acids is 1. The maximum atomic E-state index is 12.4. The Morgan fingerprint density at radius 1 is 1.44 bits per heavy atom. The Morgan fingerprint density at radius 3 is 2.80 bits per heavy atom. The number of carboxylic acid groups (broad SMARTS) is 1. The molecule has 2 unspecified atom stereocenters. The maximum absolute atomic E-state index is 12.4. The molecule has 0 amide bonds. The lowest BCUT2D eigenvalue weighted by molar-refractivity contribution is 0.0697. The van der Waals surface area contributed by atoms with Crippen molar-refractivity contribution in [3.8, 4) is 0 Å². The van der Waals surface area contributed by atoms with Crippen molar-refractivity contribution in [2.45, 2.75) is 56.6 Å². The fraction of sp³-hybridized carbons (Fsp3) is 0.588. The van der Waals surface area contributed by atoms with Gasteiger partial charge >= 0.3 is 5.97 Å². The molecule has 1 aromatic rings. The van der Waals surface area contributed by atoms with Crippen molar-refractivity contribution < 1.29 is 23.1 Å². The molecule has 0 spiro atoms. The van der Waals surface area contributed by atoms with Gasteiger partial charge in [0.1, 0.15) is 0 Å². The molecule has 3 N–H and O–H groups in total. The normalized spacial score (nSPS) is 18.9. The lowest BCUT2D eigenvalue weighted by Crippen LogP contribution is -2.32. The van der Waals surface area contributed by atoms with E-state index in [0.29, 0.717) is 18.7 Å². The van der Waals surface area contributed by atoms with Crippen molar-refractivity contribution in [3.05, 3.63) is 23.8 Å². The fourth-order valence-corrected chi connectivity index (χ4v) is 4.18. The van der Waals surface area contributed by atoms with Gasteiger partial charge in [-0.2, -0.15) is 0 Å². The van der Waals surface area contributed by atoms with Crippen LogP contribution in [0.1, 0.15) is 49.9 Å². The number of hydrogen-bond donors (Lipinski definition) is 3. The van der Waals surface area contributed by atoms with Crippen LogP contribution in [0.5, 0.6) is 0 Å². The second-order valence-corrected chi connectivity index (χ2v) is 8.05. The molecule has 1 aliphatic rings. The van der Waals surface area contributed by atoms with Gasteiger partial charge in [-0.25, -0.2) is 17.9 Å². The summed E-state index contributed by atoms with van der Waals surface area (Å²) in [6, 6.07) is 3.91. The van der Waals surface area contributed by atoms with Crippen molar-refractivity contribution in [1.29, 1.82) is 0 Å². The van der Waals surface area contributed by atoms with Crippen LogP contribution < -0.4 is 10.0 Å². The number of anilines is 1. The van der Waals surface area contributed by atoms with Crippen molar-refractivity contribution in [2.75, 3.05) is 18.5 Å². The molecule has 0 aromatic heterocycles. The molecule has 140 valence electrons. The predicted octanol–water partition coefficient (Wildman–Crippen LogP) is 2.44. The van der Waals surface area contributed by atoms with Gasteiger partial charge in [0, 0.05) is 24.9 Å². The number of rotatable bonds is 9. The standard InChI is InChI=1S/C17H26N2O5S/c1-3-5-12(2)19-25(22,23)14-7-8-16(15(10-14)17(20)21)18-11-13-6-4-9-24-13/h7-8,10,12-13,18-19H,3-6,9,11H2,1-2H3,(H,20,21). The summed E-state index contributed by atoms with van der Waals surface area (Å²) < 4.78 is 32.9. The molecule has 1 saturated heterocycles. The Balaban J connectivity index is 2.17. The van der Waals surface area contributed by atoms with Gasteiger partial charge in [-0.05, 0) is 44.4 Å². The van der Waals surface area contributed by atoms with E-state index in [1.165, 1.54) is 18.2 Å². The Hall–Kier alpha value is -1.64. The number of aromatic carboxylic acids is 1. The second-order valence-electron chi connectivity index (χ2n) is 6.34. The smallest absolute Gasteiger partial charge is 0.337 e. The highest BCUT2D eigenvalue weighted by Gasteiger charge is 2.22. The molecule has 25 heavy (non-hydrogen) atoms. The summed E-state index contributed by atoms with van der Waals surface area (Å²) in [5.74, 6) is -1.17. The van der Waals surface area contributed by atoms with Gasteiger partial charge in [0.25, 0.3) is 0 Å². The van der Waals surface area contributed by atoms with Crippen LogP contribution in [0.15, 0.2) is 23.1 Å². The van der Waals surface area contributed by atoms with Crippen LogP contribution in [0.4, 0.5) is 5.69 Å². The topological polar surface area (TPSA) is 105 Å². The summed E-state index contributed by atoms with van der Waals surface area (Å²) in [5, 5.41) is 12.5. The molecule has 2 atom stereocenters. The maximum Gasteiger partial charge on any atom is 0.337 e. The summed E-state index contributed by atoms with van der Waals surface area (Å²) >= 11 is 0. The molecule has 0 aliphatic carbocycles. The number of benzene rings is 1. The highest BCUT2D eigenvalue weighted by Crippen LogP contribution is 2.22. The zero-order chi connectivity index (χ0) is 18.4. The number of nitrogens with one attached hydrogen (secondary N) is 2. The van der Waals surface area contributed by atoms with E-state index in [-0.39, 0.29) is 22.6 Å². The summed E-state index contributed by atoms with van der Waals surface area (Å²) in [5.41, 5.74) is 0.326. The minimum Gasteiger partial charge on any atom is -0.478 e. The summed E-state index contributed by atoms with van der Waals surface area (Å²) in [4.78, 5) is 11.5. The van der Waals surface area contributed by atoms with E-state index in [1.54, 1.807) is 6.92 Å². The molecule has 1 aromatic carbocycles. The first-order chi connectivity index (χ1) is 11.8. The number of hydrogen-bond acceptors (Lipinski definition) is 5. The highest BCUT2D eigenvalue weighted by atomic mass is 32.2. The summed E-state index contributed by atoms with van der Waals surface area (Å²) in [6.45, 7) is 4.98. The van der Waals surface area contributed by atoms with E-state index in [0.717, 1.165) is 25.9 Å². The largest absolute Gasteiger partial charge is 0.478 e. The van der Waals surface area contributed by atoms with Gasteiger partial charge < -0.3 is 15.2 Å². The number of sulfonamides is 1. The van der Waals surface area contributed by atoms with Gasteiger partial charge in [-0.1, -0.05) is 13.3 Å². The first-order valence-electron chi connectivity index (χ1n) is 8.58. The molecule has 7 nitrogen and oxygen atoms in total. The van der Waals surface area contributed by atoms with Gasteiger partial charge in [0.15, 0.2) is 0 Å². The highest BCUT2D eigenvalue weighted by molar-refractivity contribution is 7.89. The predicted molar refractivity (Wildman–Crippen MR) is 95.6 cm³/mol. The third-order valence-corrected chi connectivity index (χ3v) is 5.74. The van der Waals surface area contributed by atoms with Crippen LogP contribution in [-0.2, 0) is 14.8 Å². The third-order valence-electron chi connectivity index (χ3n) is 4.15. The molecule has 1 heterocycles. The molecule has 0 radical (unpaired) electrons. The number of ether oxygens (including phenoxy) is 1. The van der Waals surface area contributed by atoms with Gasteiger partial charge in [-0.3, -0.25) is 0 Å². The Labute approximate surface area is 148 Å². The van der Waals surface area contributed by atoms with Crippen molar-refractivity contribution in [1.82, 2.24) is 4.72 Å². The summed E-state index contributed by atoms with van der Waals surface area (Å²) in [7, 11) is -3.75. The SMILES string of the molecule is CCCC(C)NS(=O)(=O)c1ccc(NCC2CCCO2)c(C(=O)O)c1. The Kier molecular flexibility index (Phi) is 6.80. The first-order valence-corrected chi connectivity index (χ1v) is 10.1. The van der Waals surface area contributed by atoms with Crippen molar-refractivity contribution in [2.24, 2.45) is 0 Å². The van der Waals surface area contributed by atoms with Crippen molar-refractivity contribution >= 4 is 21.7 Å². The van der Waals surface area contributed by atoms with E-state index in [4.69, 9.17) is 4.74 Å². The van der Waals surface area contributed by atoms with Crippen molar-refractivity contribution in [3.63, 3.8) is 0 Å². The van der Waals surface area contributed by atoms with Gasteiger partial charge in [0.2, 0.25) is 10.0 Å². The molecule has 0 bridgehead atoms. The molecular formula is C17H26N2O5S. The van der Waals surface area contributed by atoms with Crippen LogP contribution in [0.3, 0.4) is 0 Å². The fourth-order valence-electron chi connectivity index (χ4n) is 2.88. The average Bonchev–Trinajstić information content (AvgIpc) is 3.05. The van der Waals surface area contributed by atoms with Crippen LogP contribution in [0.2, 0.25) is 0 Å². The minimum absolute atomic E-state index is 0.0458. The van der Waals surface area contributed by atoms with Crippen LogP contribution in [-0.4, -0.2) is 44.8 Å². The lowest BCUT2D eigenvalue weighted by Gasteiger charge is -2.16. The molecule has 2 rings (SSSR count). The number of carbonyl (C=O) groups is 1. The quantitative estimate of drug-likeness (QED) is 0.617. The molecule has 8 heteroatoms. The van der Waals surface area contributed by atoms with E-state index < -0.39 is 16.0 Å². The van der Waals surface area contributed by atoms with Gasteiger partial charge in [0.05, 0.1) is 16.6 Å². The van der Waals surface area contributed by atoms with Gasteiger partial charge in [-0.15, -0.1) is 0 Å². The zero-order valence-electron chi connectivity index (χ0n) is 14.6. The molecular weight excluding hydrogens is 344 g/mol. The summed E-state index contributed by atoms with van der Waals surface area (Å²) in [6.07, 6.45) is 3.56. The Morgan fingerprint density at radius 2 is 2.20 bits per heavy atom. The van der Waals surface area contributed by atoms with Crippen LogP contribution in [0, 0.1) is 0 Å². The molecule has 1 fully saturated rings. The molecule has 0 saturated carbocycles. The van der Waals surface area contributed by atoms with Crippen LogP contribution >= 0.6 is 0 Å². The molecule has 1 aliphatic heterocycles. The minimum atomic E-state index is -3.75. The van der Waals surface area contributed by atoms with E-state index in [9.17, 15) is 18.3 Å². The Bertz CT molecular complexity index is 699. The van der Waals surface area contributed by atoms with E-state index in [2.05, 4.69) is 10.0 Å². The zero-order valence-corrected chi connectivity index (χ0v) is 15.4. The second kappa shape index (κ2) is 8.64. The monoisotopic (exact) mass is 370 g/mol. The van der Waals surface area contributed by atoms with E-state index in [1.807, 2.05) is 6.92 Å². The first kappa shape index (κ1) is 19.7. The van der Waals surface area contributed by atoms with Crippen LogP contribution in [0.25, 0.3) is 0 Å².